The molecule has 3 aromatic rings. The van der Waals surface area contributed by atoms with E-state index in [1.807, 2.05) is 0 Å². The number of carbonyl (C=O) groups excluding carboxylic acids is 1. The molecule has 0 bridgehead atoms. The number of amides is 1. The van der Waals surface area contributed by atoms with Crippen LogP contribution < -0.4 is 5.32 Å². The van der Waals surface area contributed by atoms with Gasteiger partial charge in [-0.1, -0.05) is 11.0 Å². The van der Waals surface area contributed by atoms with Crippen molar-refractivity contribution in [2.45, 2.75) is 32.1 Å². The van der Waals surface area contributed by atoms with Crippen LogP contribution in [-0.4, -0.2) is 45.9 Å². The van der Waals surface area contributed by atoms with Crippen molar-refractivity contribution in [3.8, 4) is 12.3 Å². The van der Waals surface area contributed by atoms with Crippen molar-refractivity contribution in [2.24, 2.45) is 7.05 Å². The lowest BCUT2D eigenvalue weighted by Crippen LogP contribution is -2.20. The Hall–Kier alpha value is -4.07. The summed E-state index contributed by atoms with van der Waals surface area (Å²) < 4.78 is 84.5. The van der Waals surface area contributed by atoms with Crippen LogP contribution >= 0.6 is 0 Å². The van der Waals surface area contributed by atoms with Gasteiger partial charge < -0.3 is 4.74 Å². The fourth-order valence-corrected chi connectivity index (χ4v) is 2.62. The van der Waals surface area contributed by atoms with Crippen LogP contribution in [0.5, 0.6) is 0 Å². The number of aryl methyl sites for hydroxylation is 1. The Bertz CT molecular complexity index is 1230. The molecule has 1 N–H and O–H groups in total. The average Bonchev–Trinajstić information content (AvgIpc) is 3.33. The van der Waals surface area contributed by atoms with Crippen molar-refractivity contribution in [3.63, 3.8) is 0 Å². The molecule has 0 spiro atoms. The highest BCUT2D eigenvalue weighted by Gasteiger charge is 2.37. The molecule has 1 amide bonds. The molecule has 11 nitrogen and oxygen atoms in total. The highest BCUT2D eigenvalue weighted by molar-refractivity contribution is 6.04. The Morgan fingerprint density at radius 3 is 2.50 bits per heavy atom. The van der Waals surface area contributed by atoms with E-state index in [1.165, 1.54) is 0 Å². The molecule has 34 heavy (non-hydrogen) atoms. The van der Waals surface area contributed by atoms with E-state index in [4.69, 9.17) is 11.2 Å². The number of aromatic nitrogens is 8. The van der Waals surface area contributed by atoms with Gasteiger partial charge in [-0.2, -0.15) is 36.1 Å². The van der Waals surface area contributed by atoms with Gasteiger partial charge in [-0.15, -0.1) is 6.42 Å². The van der Waals surface area contributed by atoms with Gasteiger partial charge in [-0.25, -0.2) is 14.6 Å². The fraction of sp³-hybridized carbons (Fsp3) is 0.353. The van der Waals surface area contributed by atoms with Gasteiger partial charge in [-0.05, 0) is 22.6 Å². The van der Waals surface area contributed by atoms with Crippen LogP contribution in [0.25, 0.3) is 0 Å². The molecule has 0 unspecified atom stereocenters. The summed E-state index contributed by atoms with van der Waals surface area (Å²) in [6.45, 7) is -1.37. The number of rotatable bonds is 7. The summed E-state index contributed by atoms with van der Waals surface area (Å²) in [4.78, 5) is 19.3. The summed E-state index contributed by atoms with van der Waals surface area (Å²) in [6, 6.07) is 1.44. The van der Waals surface area contributed by atoms with Crippen molar-refractivity contribution in [1.29, 1.82) is 0 Å². The summed E-state index contributed by atoms with van der Waals surface area (Å²) in [5.74, 6) is -0.514. The van der Waals surface area contributed by atoms with Gasteiger partial charge in [0.25, 0.3) is 11.9 Å². The Morgan fingerprint density at radius 1 is 1.15 bits per heavy atom. The summed E-state index contributed by atoms with van der Waals surface area (Å²) in [7, 11) is 1.02. The standard InChI is InChI=1S/C17H13F6N9O2/c1-3-6-32-15(27-29-30-32)26-13(33)9-4-5-11(16(18,19)20)24-10(9)7-34-8-12-25-14(17(21,22)23)31(2)28-12/h1,4-5H,6-8H2,2H3,(H,26,27,30,33). The van der Waals surface area contributed by atoms with Gasteiger partial charge in [0, 0.05) is 7.05 Å². The van der Waals surface area contributed by atoms with E-state index in [0.717, 1.165) is 17.8 Å². The van der Waals surface area contributed by atoms with E-state index < -0.39 is 48.7 Å². The molecule has 3 heterocycles. The number of anilines is 1. The molecule has 0 aliphatic rings. The Balaban J connectivity index is 1.81. The maximum Gasteiger partial charge on any atom is 0.451 e. The molecule has 17 heteroatoms. The largest absolute Gasteiger partial charge is 0.451 e. The van der Waals surface area contributed by atoms with Crippen LogP contribution in [0.3, 0.4) is 0 Å². The molecular formula is C17H13F6N9O2. The van der Waals surface area contributed by atoms with Crippen molar-refractivity contribution in [1.82, 2.24) is 40.0 Å². The molecule has 0 aliphatic carbocycles. The van der Waals surface area contributed by atoms with Gasteiger partial charge in [0.2, 0.25) is 5.82 Å². The summed E-state index contributed by atoms with van der Waals surface area (Å²) >= 11 is 0. The molecule has 0 aromatic carbocycles. The first-order valence-corrected chi connectivity index (χ1v) is 9.03. The van der Waals surface area contributed by atoms with Crippen LogP contribution in [0.1, 0.15) is 33.4 Å². The smallest absolute Gasteiger partial charge is 0.367 e. The molecule has 3 rings (SSSR count). The van der Waals surface area contributed by atoms with Crippen LogP contribution in [0, 0.1) is 12.3 Å². The van der Waals surface area contributed by atoms with Gasteiger partial charge in [-0.3, -0.25) is 10.1 Å². The molecule has 0 radical (unpaired) electrons. The minimum atomic E-state index is -4.83. The second-order valence-corrected chi connectivity index (χ2v) is 6.47. The van der Waals surface area contributed by atoms with Crippen molar-refractivity contribution >= 4 is 11.9 Å². The molecule has 180 valence electrons. The molecule has 0 atom stereocenters. The quantitative estimate of drug-likeness (QED) is 0.394. The number of ether oxygens (including phenoxy) is 1. The monoisotopic (exact) mass is 489 g/mol. The highest BCUT2D eigenvalue weighted by Crippen LogP contribution is 2.29. The van der Waals surface area contributed by atoms with Crippen LogP contribution in [0.2, 0.25) is 0 Å². The van der Waals surface area contributed by atoms with Gasteiger partial charge in [0.05, 0.1) is 17.9 Å². The number of pyridine rings is 1. The SMILES string of the molecule is C#CCn1nnnc1NC(=O)c1ccc(C(F)(F)F)nc1COCc1nc(C(F)(F)F)n(C)n1. The van der Waals surface area contributed by atoms with Crippen molar-refractivity contribution in [2.75, 3.05) is 5.32 Å². The van der Waals surface area contributed by atoms with Crippen molar-refractivity contribution < 1.29 is 35.9 Å². The first-order valence-electron chi connectivity index (χ1n) is 9.03. The van der Waals surface area contributed by atoms with Crippen LogP contribution in [-0.2, 0) is 43.9 Å². The Kier molecular flexibility index (Phi) is 6.81. The topological polar surface area (TPSA) is 126 Å². The van der Waals surface area contributed by atoms with Crippen molar-refractivity contribution in [3.05, 3.63) is 40.7 Å². The average molecular weight is 489 g/mol. The third-order valence-electron chi connectivity index (χ3n) is 4.04. The number of terminal acetylenes is 1. The van der Waals surface area contributed by atoms with Gasteiger partial charge in [0.1, 0.15) is 18.8 Å². The van der Waals surface area contributed by atoms with E-state index in [0.29, 0.717) is 10.7 Å². The predicted molar refractivity (Wildman–Crippen MR) is 98.3 cm³/mol. The molecule has 0 saturated carbocycles. The minimum Gasteiger partial charge on any atom is -0.367 e. The molecule has 0 fully saturated rings. The number of nitrogens with zero attached hydrogens (tertiary/aromatic N) is 8. The second kappa shape index (κ2) is 9.43. The Morgan fingerprint density at radius 2 is 1.88 bits per heavy atom. The lowest BCUT2D eigenvalue weighted by molar-refractivity contribution is -0.147. The third-order valence-corrected chi connectivity index (χ3v) is 4.04. The highest BCUT2D eigenvalue weighted by atomic mass is 19.4. The summed E-state index contributed by atoms with van der Waals surface area (Å²) in [6.07, 6.45) is -4.43. The van der Waals surface area contributed by atoms with E-state index in [9.17, 15) is 31.1 Å². The van der Waals surface area contributed by atoms with E-state index in [-0.39, 0.29) is 23.9 Å². The number of halogens is 6. The molecular weight excluding hydrogens is 476 g/mol. The normalized spacial score (nSPS) is 11.9. The minimum absolute atomic E-state index is 0.0964. The lowest BCUT2D eigenvalue weighted by atomic mass is 10.1. The first-order chi connectivity index (χ1) is 15.9. The second-order valence-electron chi connectivity index (χ2n) is 6.47. The Labute approximate surface area is 186 Å². The zero-order valence-electron chi connectivity index (χ0n) is 17.0. The number of alkyl halides is 6. The van der Waals surface area contributed by atoms with E-state index in [2.05, 4.69) is 41.8 Å². The number of hydrogen-bond donors (Lipinski definition) is 1. The lowest BCUT2D eigenvalue weighted by Gasteiger charge is -2.12. The number of nitrogens with one attached hydrogen (secondary N) is 1. The summed E-state index contributed by atoms with van der Waals surface area (Å²) in [5, 5.41) is 16.3. The molecule has 0 saturated heterocycles. The van der Waals surface area contributed by atoms with Gasteiger partial charge in [0.15, 0.2) is 5.82 Å². The number of tetrazole rings is 1. The van der Waals surface area contributed by atoms with Crippen LogP contribution in [0.15, 0.2) is 12.1 Å². The fourth-order valence-electron chi connectivity index (χ4n) is 2.62. The van der Waals surface area contributed by atoms with Crippen LogP contribution in [0.4, 0.5) is 32.3 Å². The number of hydrogen-bond acceptors (Lipinski definition) is 8. The maximum atomic E-state index is 13.1. The predicted octanol–water partition coefficient (Wildman–Crippen LogP) is 1.84. The zero-order chi connectivity index (χ0) is 25.1. The molecule has 0 aliphatic heterocycles. The number of carbonyl (C=O) groups is 1. The first kappa shape index (κ1) is 24.6. The third kappa shape index (κ3) is 5.64. The van der Waals surface area contributed by atoms with E-state index in [1.54, 1.807) is 0 Å². The maximum absolute atomic E-state index is 13.1. The zero-order valence-corrected chi connectivity index (χ0v) is 17.0. The van der Waals surface area contributed by atoms with E-state index >= 15 is 0 Å². The molecule has 3 aromatic heterocycles. The van der Waals surface area contributed by atoms with Gasteiger partial charge >= 0.3 is 12.4 Å². The summed E-state index contributed by atoms with van der Waals surface area (Å²) in [5.41, 5.74) is -2.08.